The van der Waals surface area contributed by atoms with E-state index in [2.05, 4.69) is 34.6 Å². The Hall–Kier alpha value is -1.32. The van der Waals surface area contributed by atoms with Crippen molar-refractivity contribution in [1.29, 1.82) is 0 Å². The van der Waals surface area contributed by atoms with Crippen LogP contribution in [0.25, 0.3) is 10.9 Å². The summed E-state index contributed by atoms with van der Waals surface area (Å²) in [6.45, 7) is 1.92. The Morgan fingerprint density at radius 2 is 2.18 bits per heavy atom. The molecule has 17 heavy (non-hydrogen) atoms. The second-order valence-corrected chi connectivity index (χ2v) is 4.98. The molecular formula is C14H18N2O. The fourth-order valence-electron chi connectivity index (χ4n) is 2.58. The van der Waals surface area contributed by atoms with Gasteiger partial charge in [-0.15, -0.1) is 0 Å². The third kappa shape index (κ3) is 2.21. The lowest BCUT2D eigenvalue weighted by Gasteiger charge is -2.31. The maximum absolute atomic E-state index is 9.22. The standard InChI is InChI=1S/C14H18N2O/c17-12-6-10(7-12)8-15-9-11-2-1-3-14-13(11)4-5-16-14/h1-5,10,12,15-17H,6-9H2. The summed E-state index contributed by atoms with van der Waals surface area (Å²) in [6.07, 6.45) is 3.86. The van der Waals surface area contributed by atoms with Crippen molar-refractivity contribution in [2.24, 2.45) is 5.92 Å². The quantitative estimate of drug-likeness (QED) is 0.752. The van der Waals surface area contributed by atoms with Crippen molar-refractivity contribution in [3.63, 3.8) is 0 Å². The minimum atomic E-state index is -0.0464. The smallest absolute Gasteiger partial charge is 0.0546 e. The van der Waals surface area contributed by atoms with Gasteiger partial charge in [0.1, 0.15) is 0 Å². The summed E-state index contributed by atoms with van der Waals surface area (Å²) < 4.78 is 0. The fourth-order valence-corrected chi connectivity index (χ4v) is 2.58. The lowest BCUT2D eigenvalue weighted by Crippen LogP contribution is -2.35. The van der Waals surface area contributed by atoms with Crippen molar-refractivity contribution in [3.05, 3.63) is 36.0 Å². The van der Waals surface area contributed by atoms with E-state index in [-0.39, 0.29) is 6.10 Å². The predicted molar refractivity (Wildman–Crippen MR) is 68.7 cm³/mol. The number of aliphatic hydroxyl groups is 1. The molecule has 0 aliphatic heterocycles. The highest BCUT2D eigenvalue weighted by molar-refractivity contribution is 5.82. The fraction of sp³-hybridized carbons (Fsp3) is 0.429. The van der Waals surface area contributed by atoms with Crippen LogP contribution in [0, 0.1) is 5.92 Å². The number of rotatable bonds is 4. The Balaban J connectivity index is 1.59. The summed E-state index contributed by atoms with van der Waals surface area (Å²) in [6, 6.07) is 8.47. The van der Waals surface area contributed by atoms with E-state index in [1.54, 1.807) is 0 Å². The van der Waals surface area contributed by atoms with Crippen LogP contribution in [0.2, 0.25) is 0 Å². The van der Waals surface area contributed by atoms with E-state index in [4.69, 9.17) is 0 Å². The van der Waals surface area contributed by atoms with Crippen LogP contribution in [0.1, 0.15) is 18.4 Å². The average molecular weight is 230 g/mol. The number of aromatic amines is 1. The molecule has 3 rings (SSSR count). The molecule has 1 aliphatic rings. The Morgan fingerprint density at radius 3 is 3.00 bits per heavy atom. The maximum atomic E-state index is 9.22. The normalized spacial score (nSPS) is 23.8. The summed E-state index contributed by atoms with van der Waals surface area (Å²) in [5.41, 5.74) is 2.53. The van der Waals surface area contributed by atoms with Gasteiger partial charge in [-0.05, 0) is 43.0 Å². The predicted octanol–water partition coefficient (Wildman–Crippen LogP) is 2.03. The molecule has 1 heterocycles. The van der Waals surface area contributed by atoms with Gasteiger partial charge in [-0.3, -0.25) is 0 Å². The van der Waals surface area contributed by atoms with Crippen LogP contribution in [-0.4, -0.2) is 22.7 Å². The highest BCUT2D eigenvalue weighted by Crippen LogP contribution is 2.26. The number of nitrogens with one attached hydrogen (secondary N) is 2. The number of hydrogen-bond donors (Lipinski definition) is 3. The molecule has 1 aromatic carbocycles. The first-order valence-corrected chi connectivity index (χ1v) is 6.26. The van der Waals surface area contributed by atoms with Crippen LogP contribution < -0.4 is 5.32 Å². The van der Waals surface area contributed by atoms with Crippen LogP contribution in [0.3, 0.4) is 0 Å². The third-order valence-corrected chi connectivity index (χ3v) is 3.64. The van der Waals surface area contributed by atoms with E-state index in [9.17, 15) is 5.11 Å². The average Bonchev–Trinajstić information content (AvgIpc) is 2.75. The van der Waals surface area contributed by atoms with E-state index >= 15 is 0 Å². The minimum Gasteiger partial charge on any atom is -0.393 e. The van der Waals surface area contributed by atoms with Gasteiger partial charge < -0.3 is 15.4 Å². The molecule has 3 heteroatoms. The number of hydrogen-bond acceptors (Lipinski definition) is 2. The molecule has 0 unspecified atom stereocenters. The first kappa shape index (κ1) is 10.8. The van der Waals surface area contributed by atoms with Crippen LogP contribution in [0.4, 0.5) is 0 Å². The highest BCUT2D eigenvalue weighted by atomic mass is 16.3. The SMILES string of the molecule is OC1CC(CNCc2cccc3[nH]ccc23)C1. The molecule has 1 saturated carbocycles. The molecule has 2 aromatic rings. The zero-order valence-corrected chi connectivity index (χ0v) is 9.82. The van der Waals surface area contributed by atoms with Crippen LogP contribution in [-0.2, 0) is 6.54 Å². The minimum absolute atomic E-state index is 0.0464. The first-order valence-electron chi connectivity index (χ1n) is 6.26. The number of benzene rings is 1. The molecule has 0 spiro atoms. The van der Waals surface area contributed by atoms with Crippen LogP contribution in [0.15, 0.2) is 30.5 Å². The van der Waals surface area contributed by atoms with Crippen molar-refractivity contribution in [2.75, 3.05) is 6.54 Å². The second kappa shape index (κ2) is 4.51. The molecule has 0 radical (unpaired) electrons. The molecule has 0 bridgehead atoms. The molecule has 0 atom stereocenters. The third-order valence-electron chi connectivity index (χ3n) is 3.64. The van der Waals surface area contributed by atoms with Crippen molar-refractivity contribution in [1.82, 2.24) is 10.3 Å². The van der Waals surface area contributed by atoms with E-state index in [0.717, 1.165) is 25.9 Å². The summed E-state index contributed by atoms with van der Waals surface area (Å²) >= 11 is 0. The second-order valence-electron chi connectivity index (χ2n) is 4.98. The number of aliphatic hydroxyl groups excluding tert-OH is 1. The Bertz CT molecular complexity index is 500. The maximum Gasteiger partial charge on any atom is 0.0546 e. The van der Waals surface area contributed by atoms with Crippen molar-refractivity contribution in [3.8, 4) is 0 Å². The van der Waals surface area contributed by atoms with Gasteiger partial charge in [0.25, 0.3) is 0 Å². The highest BCUT2D eigenvalue weighted by Gasteiger charge is 2.26. The molecule has 0 amide bonds. The van der Waals surface area contributed by atoms with E-state index < -0.39 is 0 Å². The van der Waals surface area contributed by atoms with Gasteiger partial charge in [0, 0.05) is 23.6 Å². The first-order chi connectivity index (χ1) is 8.33. The lowest BCUT2D eigenvalue weighted by atomic mass is 9.82. The van der Waals surface area contributed by atoms with Gasteiger partial charge >= 0.3 is 0 Å². The molecule has 1 aliphatic carbocycles. The van der Waals surface area contributed by atoms with Crippen molar-refractivity contribution >= 4 is 10.9 Å². The molecule has 3 N–H and O–H groups in total. The van der Waals surface area contributed by atoms with Gasteiger partial charge in [-0.2, -0.15) is 0 Å². The topological polar surface area (TPSA) is 48.0 Å². The Kier molecular flexibility index (Phi) is 2.87. The summed E-state index contributed by atoms with van der Waals surface area (Å²) in [7, 11) is 0. The van der Waals surface area contributed by atoms with Gasteiger partial charge in [-0.1, -0.05) is 12.1 Å². The van der Waals surface area contributed by atoms with E-state index in [1.165, 1.54) is 16.5 Å². The number of fused-ring (bicyclic) bond motifs is 1. The molecule has 3 nitrogen and oxygen atoms in total. The van der Waals surface area contributed by atoms with Gasteiger partial charge in [0.2, 0.25) is 0 Å². The summed E-state index contributed by atoms with van der Waals surface area (Å²) in [4.78, 5) is 3.23. The zero-order chi connectivity index (χ0) is 11.7. The molecule has 1 fully saturated rings. The molecule has 1 aromatic heterocycles. The monoisotopic (exact) mass is 230 g/mol. The van der Waals surface area contributed by atoms with Gasteiger partial charge in [0.15, 0.2) is 0 Å². The van der Waals surface area contributed by atoms with Crippen LogP contribution in [0.5, 0.6) is 0 Å². The number of aromatic nitrogens is 1. The Labute approximate surface area is 101 Å². The van der Waals surface area contributed by atoms with Crippen molar-refractivity contribution < 1.29 is 5.11 Å². The largest absolute Gasteiger partial charge is 0.393 e. The summed E-state index contributed by atoms with van der Waals surface area (Å²) in [5, 5.41) is 14.0. The van der Waals surface area contributed by atoms with Gasteiger partial charge in [0.05, 0.1) is 6.10 Å². The summed E-state index contributed by atoms with van der Waals surface area (Å²) in [5.74, 6) is 0.662. The lowest BCUT2D eigenvalue weighted by molar-refractivity contribution is 0.0430. The molecular weight excluding hydrogens is 212 g/mol. The number of H-pyrrole nitrogens is 1. The van der Waals surface area contributed by atoms with Gasteiger partial charge in [-0.25, -0.2) is 0 Å². The van der Waals surface area contributed by atoms with Crippen molar-refractivity contribution in [2.45, 2.75) is 25.5 Å². The molecule has 90 valence electrons. The Morgan fingerprint density at radius 1 is 1.29 bits per heavy atom. The van der Waals surface area contributed by atoms with Crippen LogP contribution >= 0.6 is 0 Å². The van der Waals surface area contributed by atoms with E-state index in [0.29, 0.717) is 5.92 Å². The zero-order valence-electron chi connectivity index (χ0n) is 9.82. The molecule has 0 saturated heterocycles. The van der Waals surface area contributed by atoms with E-state index in [1.807, 2.05) is 6.20 Å².